The summed E-state index contributed by atoms with van der Waals surface area (Å²) in [4.78, 5) is 19.9. The number of amides is 1. The summed E-state index contributed by atoms with van der Waals surface area (Å²) in [6.07, 6.45) is -3.30. The van der Waals surface area contributed by atoms with Crippen molar-refractivity contribution in [1.82, 2.24) is 25.0 Å². The Kier molecular flexibility index (Phi) is 6.29. The van der Waals surface area contributed by atoms with E-state index < -0.39 is 36.5 Å². The van der Waals surface area contributed by atoms with Crippen LogP contribution in [-0.4, -0.2) is 43.4 Å². The Morgan fingerprint density at radius 3 is 2.55 bits per heavy atom. The van der Waals surface area contributed by atoms with Crippen LogP contribution in [0.1, 0.15) is 34.3 Å². The van der Waals surface area contributed by atoms with E-state index in [9.17, 15) is 23.1 Å². The van der Waals surface area contributed by atoms with Gasteiger partial charge in [-0.25, -0.2) is 4.98 Å². The van der Waals surface area contributed by atoms with Crippen molar-refractivity contribution in [3.8, 4) is 5.75 Å². The number of benzene rings is 1. The quantitative estimate of drug-likeness (QED) is 0.553. The molecule has 31 heavy (non-hydrogen) atoms. The Morgan fingerprint density at radius 2 is 2.00 bits per heavy atom. The number of carbonyl (C=O) groups excluding carboxylic acids is 1. The summed E-state index contributed by atoms with van der Waals surface area (Å²) in [6, 6.07) is 5.98. The first-order valence-electron chi connectivity index (χ1n) is 9.17. The van der Waals surface area contributed by atoms with Gasteiger partial charge >= 0.3 is 6.18 Å². The Balaban J connectivity index is 1.56. The van der Waals surface area contributed by atoms with Crippen LogP contribution in [0.4, 0.5) is 13.2 Å². The Morgan fingerprint density at radius 1 is 1.29 bits per heavy atom. The molecule has 0 bridgehead atoms. The van der Waals surface area contributed by atoms with Crippen molar-refractivity contribution in [2.24, 2.45) is 7.05 Å². The molecular weight excluding hydrogens is 419 g/mol. The molecule has 0 saturated heterocycles. The van der Waals surface area contributed by atoms with Gasteiger partial charge in [0, 0.05) is 44.9 Å². The summed E-state index contributed by atoms with van der Waals surface area (Å²) in [5.41, 5.74) is -2.97. The predicted octanol–water partition coefficient (Wildman–Crippen LogP) is 2.26. The van der Waals surface area contributed by atoms with E-state index in [-0.39, 0.29) is 12.2 Å². The zero-order valence-electron chi connectivity index (χ0n) is 16.7. The lowest BCUT2D eigenvalue weighted by Crippen LogP contribution is -2.46. The summed E-state index contributed by atoms with van der Waals surface area (Å²) >= 11 is 0. The van der Waals surface area contributed by atoms with Gasteiger partial charge in [0.05, 0.1) is 0 Å². The molecule has 1 aromatic carbocycles. The summed E-state index contributed by atoms with van der Waals surface area (Å²) in [5, 5.41) is 16.3. The van der Waals surface area contributed by atoms with E-state index in [1.807, 2.05) is 0 Å². The van der Waals surface area contributed by atoms with Crippen LogP contribution in [-0.2, 0) is 19.3 Å². The van der Waals surface area contributed by atoms with Crippen LogP contribution in [0.5, 0.6) is 5.75 Å². The molecule has 0 radical (unpaired) electrons. The van der Waals surface area contributed by atoms with E-state index in [0.29, 0.717) is 17.5 Å². The van der Waals surface area contributed by atoms with Crippen LogP contribution in [0.3, 0.4) is 0 Å². The molecule has 1 atom stereocenters. The molecule has 1 amide bonds. The van der Waals surface area contributed by atoms with Crippen molar-refractivity contribution < 1.29 is 32.3 Å². The molecule has 12 heteroatoms. The highest BCUT2D eigenvalue weighted by molar-refractivity contribution is 5.94. The number of carbonyl (C=O) groups is 1. The SMILES string of the molecule is Cc1nc(COc2ccc(C(=O)NCCC(O)(c3nccn3C)C(F)(F)F)cc2)no1. The zero-order chi connectivity index (χ0) is 22.6. The van der Waals surface area contributed by atoms with Gasteiger partial charge in [-0.15, -0.1) is 0 Å². The average molecular weight is 439 g/mol. The molecule has 1 unspecified atom stereocenters. The van der Waals surface area contributed by atoms with Gasteiger partial charge in [0.15, 0.2) is 6.61 Å². The number of hydrogen-bond acceptors (Lipinski definition) is 7. The molecule has 0 aliphatic heterocycles. The number of rotatable bonds is 8. The minimum Gasteiger partial charge on any atom is -0.485 e. The third-order valence-corrected chi connectivity index (χ3v) is 4.49. The molecule has 2 heterocycles. The largest absolute Gasteiger partial charge is 0.485 e. The van der Waals surface area contributed by atoms with Gasteiger partial charge in [0.2, 0.25) is 17.3 Å². The van der Waals surface area contributed by atoms with Crippen molar-refractivity contribution in [1.29, 1.82) is 0 Å². The van der Waals surface area contributed by atoms with E-state index in [1.165, 1.54) is 37.5 Å². The number of nitrogens with zero attached hydrogens (tertiary/aromatic N) is 4. The number of halogens is 3. The predicted molar refractivity (Wildman–Crippen MR) is 99.9 cm³/mol. The second-order valence-electron chi connectivity index (χ2n) is 6.77. The molecule has 3 rings (SSSR count). The van der Waals surface area contributed by atoms with Gasteiger partial charge in [-0.3, -0.25) is 4.79 Å². The lowest BCUT2D eigenvalue weighted by Gasteiger charge is -2.29. The molecule has 9 nitrogen and oxygen atoms in total. The van der Waals surface area contributed by atoms with Crippen LogP contribution >= 0.6 is 0 Å². The Bertz CT molecular complexity index is 1030. The van der Waals surface area contributed by atoms with Crippen molar-refractivity contribution in [2.45, 2.75) is 31.7 Å². The number of aryl methyl sites for hydroxylation is 2. The first-order valence-corrected chi connectivity index (χ1v) is 9.17. The lowest BCUT2D eigenvalue weighted by molar-refractivity contribution is -0.272. The van der Waals surface area contributed by atoms with Gasteiger partial charge in [-0.2, -0.15) is 18.2 Å². The topological polar surface area (TPSA) is 115 Å². The summed E-state index contributed by atoms with van der Waals surface area (Å²) in [6.45, 7) is 1.30. The van der Waals surface area contributed by atoms with Crippen molar-refractivity contribution in [3.63, 3.8) is 0 Å². The normalized spacial score (nSPS) is 13.6. The van der Waals surface area contributed by atoms with Gasteiger partial charge in [0.25, 0.3) is 5.91 Å². The molecular formula is C19H20F3N5O4. The van der Waals surface area contributed by atoms with Crippen molar-refractivity contribution in [3.05, 3.63) is 59.8 Å². The molecule has 0 spiro atoms. The van der Waals surface area contributed by atoms with Crippen LogP contribution in [0, 0.1) is 6.92 Å². The number of hydrogen-bond donors (Lipinski definition) is 2. The van der Waals surface area contributed by atoms with Gasteiger partial charge in [-0.1, -0.05) is 5.16 Å². The monoisotopic (exact) mass is 439 g/mol. The van der Waals surface area contributed by atoms with Gasteiger partial charge < -0.3 is 24.3 Å². The average Bonchev–Trinajstić information content (AvgIpc) is 3.33. The molecule has 2 aromatic heterocycles. The second kappa shape index (κ2) is 8.76. The fourth-order valence-corrected chi connectivity index (χ4v) is 2.85. The number of aliphatic hydroxyl groups is 1. The summed E-state index contributed by atoms with van der Waals surface area (Å²) in [7, 11) is 1.35. The fraction of sp³-hybridized carbons (Fsp3) is 0.368. The van der Waals surface area contributed by atoms with E-state index >= 15 is 0 Å². The Labute approximate surface area is 174 Å². The highest BCUT2D eigenvalue weighted by Gasteiger charge is 2.57. The lowest BCUT2D eigenvalue weighted by atomic mass is 9.97. The van der Waals surface area contributed by atoms with Crippen LogP contribution in [0.2, 0.25) is 0 Å². The minimum absolute atomic E-state index is 0.0755. The molecule has 0 saturated carbocycles. The first kappa shape index (κ1) is 22.3. The highest BCUT2D eigenvalue weighted by Crippen LogP contribution is 2.40. The maximum absolute atomic E-state index is 13.5. The van der Waals surface area contributed by atoms with Crippen LogP contribution in [0.15, 0.2) is 41.2 Å². The molecule has 166 valence electrons. The summed E-state index contributed by atoms with van der Waals surface area (Å²) in [5.74, 6) is 0.0765. The third-order valence-electron chi connectivity index (χ3n) is 4.49. The van der Waals surface area contributed by atoms with E-state index in [1.54, 1.807) is 6.92 Å². The number of aromatic nitrogens is 4. The molecule has 0 aliphatic carbocycles. The molecule has 2 N–H and O–H groups in total. The smallest absolute Gasteiger partial charge is 0.424 e. The third kappa shape index (κ3) is 5.02. The van der Waals surface area contributed by atoms with Crippen molar-refractivity contribution >= 4 is 5.91 Å². The number of ether oxygens (including phenoxy) is 1. The number of imidazole rings is 1. The zero-order valence-corrected chi connectivity index (χ0v) is 16.7. The minimum atomic E-state index is -4.97. The Hall–Kier alpha value is -3.41. The van der Waals surface area contributed by atoms with Crippen LogP contribution in [0.25, 0.3) is 0 Å². The van der Waals surface area contributed by atoms with E-state index in [4.69, 9.17) is 9.26 Å². The molecule has 0 aliphatic rings. The summed E-state index contributed by atoms with van der Waals surface area (Å²) < 4.78 is 51.9. The fourth-order valence-electron chi connectivity index (χ4n) is 2.85. The van der Waals surface area contributed by atoms with Gasteiger partial charge in [0.1, 0.15) is 11.6 Å². The second-order valence-corrected chi connectivity index (χ2v) is 6.77. The standard InChI is InChI=1S/C19H20F3N5O4/c1-12-25-15(26-31-12)11-30-14-5-3-13(4-6-14)16(28)23-8-7-18(29,19(20,21)22)17-24-9-10-27(17)2/h3-6,9-10,29H,7-8,11H2,1-2H3,(H,23,28). The first-order chi connectivity index (χ1) is 14.6. The number of alkyl halides is 3. The maximum Gasteiger partial charge on any atom is 0.424 e. The molecule has 0 fully saturated rings. The highest BCUT2D eigenvalue weighted by atomic mass is 19.4. The van der Waals surface area contributed by atoms with Gasteiger partial charge in [-0.05, 0) is 24.3 Å². The maximum atomic E-state index is 13.5. The van der Waals surface area contributed by atoms with E-state index in [0.717, 1.165) is 10.8 Å². The van der Waals surface area contributed by atoms with Crippen LogP contribution < -0.4 is 10.1 Å². The van der Waals surface area contributed by atoms with Crippen molar-refractivity contribution in [2.75, 3.05) is 6.54 Å². The van der Waals surface area contributed by atoms with E-state index in [2.05, 4.69) is 20.4 Å². The number of nitrogens with one attached hydrogen (secondary N) is 1. The molecule has 3 aromatic rings.